The van der Waals surface area contributed by atoms with Gasteiger partial charge in [0.05, 0.1) is 25.5 Å². The molecule has 1 heterocycles. The van der Waals surface area contributed by atoms with Crippen LogP contribution in [0.5, 0.6) is 0 Å². The smallest absolute Gasteiger partial charge is 0.337 e. The average molecular weight is 271 g/mol. The number of carbonyl (C=O) groups is 1. The van der Waals surface area contributed by atoms with Crippen molar-refractivity contribution < 1.29 is 14.3 Å². The lowest BCUT2D eigenvalue weighted by Gasteiger charge is -2.06. The molecular weight excluding hydrogens is 254 g/mol. The number of fused-ring (bicyclic) bond motifs is 1. The highest BCUT2D eigenvalue weighted by Gasteiger charge is 2.08. The van der Waals surface area contributed by atoms with Crippen molar-refractivity contribution in [1.29, 1.82) is 0 Å². The zero-order valence-electron chi connectivity index (χ0n) is 11.4. The van der Waals surface area contributed by atoms with Crippen LogP contribution in [0.15, 0.2) is 55.5 Å². The van der Waals surface area contributed by atoms with E-state index in [0.717, 1.165) is 10.9 Å². The van der Waals surface area contributed by atoms with Gasteiger partial charge in [0.1, 0.15) is 6.61 Å². The minimum Gasteiger partial charge on any atom is -0.499 e. The van der Waals surface area contributed by atoms with Crippen LogP contribution in [-0.4, -0.2) is 24.3 Å². The van der Waals surface area contributed by atoms with Crippen molar-refractivity contribution >= 4 is 16.9 Å². The second-order valence-electron chi connectivity index (χ2n) is 4.21. The van der Waals surface area contributed by atoms with Crippen LogP contribution in [0.1, 0.15) is 10.4 Å². The summed E-state index contributed by atoms with van der Waals surface area (Å²) in [5.74, 6) is -0.329. The second-order valence-corrected chi connectivity index (χ2v) is 4.21. The lowest BCUT2D eigenvalue weighted by molar-refractivity contribution is 0.0601. The number of esters is 1. The van der Waals surface area contributed by atoms with Gasteiger partial charge in [-0.25, -0.2) is 4.79 Å². The summed E-state index contributed by atoms with van der Waals surface area (Å²) in [4.78, 5) is 11.5. The molecule has 0 atom stereocenters. The summed E-state index contributed by atoms with van der Waals surface area (Å²) >= 11 is 0. The number of benzene rings is 1. The normalized spacial score (nSPS) is 10.8. The number of nitrogens with zero attached hydrogens (tertiary/aromatic N) is 1. The van der Waals surface area contributed by atoms with Gasteiger partial charge in [0, 0.05) is 11.7 Å². The molecule has 0 aliphatic rings. The summed E-state index contributed by atoms with van der Waals surface area (Å²) in [5.41, 5.74) is 1.54. The molecule has 0 N–H and O–H groups in total. The van der Waals surface area contributed by atoms with Crippen LogP contribution in [0.3, 0.4) is 0 Å². The third kappa shape index (κ3) is 3.09. The number of ether oxygens (including phenoxy) is 2. The standard InChI is InChI=1S/C16H17NO3/c1-3-4-10-20-11-9-17-8-7-13-5-6-14(12-15(13)17)16(18)19-2/h3-8,10,12H,1,9,11H2,2H3/b10-4+. The summed E-state index contributed by atoms with van der Waals surface area (Å²) in [6.07, 6.45) is 6.99. The monoisotopic (exact) mass is 271 g/mol. The fraction of sp³-hybridized carbons (Fsp3) is 0.188. The fourth-order valence-corrected chi connectivity index (χ4v) is 1.95. The third-order valence-electron chi connectivity index (χ3n) is 2.96. The first kappa shape index (κ1) is 13.9. The third-order valence-corrected chi connectivity index (χ3v) is 2.96. The van der Waals surface area contributed by atoms with E-state index in [-0.39, 0.29) is 5.97 Å². The zero-order chi connectivity index (χ0) is 14.4. The van der Waals surface area contributed by atoms with Gasteiger partial charge >= 0.3 is 5.97 Å². The molecule has 4 heteroatoms. The SMILES string of the molecule is C=C/C=C/OCCn1ccc2ccc(C(=O)OC)cc21. The van der Waals surface area contributed by atoms with Gasteiger partial charge < -0.3 is 14.0 Å². The Kier molecular flexibility index (Phi) is 4.60. The van der Waals surface area contributed by atoms with Crippen LogP contribution in [-0.2, 0) is 16.0 Å². The lowest BCUT2D eigenvalue weighted by atomic mass is 10.1. The molecule has 0 fully saturated rings. The van der Waals surface area contributed by atoms with Crippen molar-refractivity contribution in [2.45, 2.75) is 6.54 Å². The van der Waals surface area contributed by atoms with E-state index >= 15 is 0 Å². The second kappa shape index (κ2) is 6.61. The summed E-state index contributed by atoms with van der Waals surface area (Å²) in [6, 6.07) is 7.52. The topological polar surface area (TPSA) is 40.5 Å². The first-order valence-electron chi connectivity index (χ1n) is 6.32. The molecule has 0 saturated carbocycles. The van der Waals surface area contributed by atoms with Gasteiger partial charge in [-0.1, -0.05) is 18.7 Å². The molecule has 2 rings (SSSR count). The van der Waals surface area contributed by atoms with Gasteiger partial charge in [0.25, 0.3) is 0 Å². The Labute approximate surface area is 117 Å². The molecule has 1 aromatic carbocycles. The van der Waals surface area contributed by atoms with E-state index in [9.17, 15) is 4.79 Å². The fourth-order valence-electron chi connectivity index (χ4n) is 1.95. The number of hydrogen-bond donors (Lipinski definition) is 0. The summed E-state index contributed by atoms with van der Waals surface area (Å²) in [6.45, 7) is 4.82. The van der Waals surface area contributed by atoms with E-state index in [2.05, 4.69) is 6.58 Å². The van der Waals surface area contributed by atoms with Crippen LogP contribution in [0.4, 0.5) is 0 Å². The minimum absolute atomic E-state index is 0.329. The Bertz CT molecular complexity index is 640. The molecule has 0 spiro atoms. The molecule has 2 aromatic rings. The van der Waals surface area contributed by atoms with Crippen LogP contribution in [0, 0.1) is 0 Å². The maximum Gasteiger partial charge on any atom is 0.337 e. The average Bonchev–Trinajstić information content (AvgIpc) is 2.88. The Balaban J connectivity index is 2.14. The Morgan fingerprint density at radius 2 is 2.25 bits per heavy atom. The summed E-state index contributed by atoms with van der Waals surface area (Å²) in [5, 5.41) is 1.08. The van der Waals surface area contributed by atoms with Crippen molar-refractivity contribution in [2.24, 2.45) is 0 Å². The van der Waals surface area contributed by atoms with Gasteiger partial charge in [0.2, 0.25) is 0 Å². The van der Waals surface area contributed by atoms with Crippen molar-refractivity contribution in [2.75, 3.05) is 13.7 Å². The number of rotatable bonds is 6. The van der Waals surface area contributed by atoms with E-state index in [1.807, 2.05) is 29.0 Å². The molecule has 0 bridgehead atoms. The van der Waals surface area contributed by atoms with Gasteiger partial charge in [-0.15, -0.1) is 0 Å². The number of allylic oxidation sites excluding steroid dienone is 2. The number of hydrogen-bond acceptors (Lipinski definition) is 3. The van der Waals surface area contributed by atoms with Gasteiger partial charge in [-0.2, -0.15) is 0 Å². The van der Waals surface area contributed by atoms with E-state index in [1.54, 1.807) is 24.5 Å². The summed E-state index contributed by atoms with van der Waals surface area (Å²) in [7, 11) is 1.38. The largest absolute Gasteiger partial charge is 0.499 e. The van der Waals surface area contributed by atoms with E-state index in [4.69, 9.17) is 9.47 Å². The predicted molar refractivity (Wildman–Crippen MR) is 78.6 cm³/mol. The van der Waals surface area contributed by atoms with Crippen molar-refractivity contribution in [3.63, 3.8) is 0 Å². The van der Waals surface area contributed by atoms with Gasteiger partial charge in [0.15, 0.2) is 0 Å². The first-order chi connectivity index (χ1) is 9.76. The molecule has 104 valence electrons. The molecule has 0 unspecified atom stereocenters. The van der Waals surface area contributed by atoms with Crippen LogP contribution >= 0.6 is 0 Å². The molecule has 1 aromatic heterocycles. The number of aromatic nitrogens is 1. The molecule has 0 aliphatic heterocycles. The maximum absolute atomic E-state index is 11.5. The molecule has 0 aliphatic carbocycles. The maximum atomic E-state index is 11.5. The van der Waals surface area contributed by atoms with Crippen molar-refractivity contribution in [1.82, 2.24) is 4.57 Å². The highest BCUT2D eigenvalue weighted by atomic mass is 16.5. The van der Waals surface area contributed by atoms with Crippen LogP contribution in [0.2, 0.25) is 0 Å². The lowest BCUT2D eigenvalue weighted by Crippen LogP contribution is -2.04. The number of methoxy groups -OCH3 is 1. The van der Waals surface area contributed by atoms with Crippen LogP contribution < -0.4 is 0 Å². The number of carbonyl (C=O) groups excluding carboxylic acids is 1. The van der Waals surface area contributed by atoms with Gasteiger partial charge in [-0.05, 0) is 29.7 Å². The van der Waals surface area contributed by atoms with Crippen molar-refractivity contribution in [3.8, 4) is 0 Å². The van der Waals surface area contributed by atoms with E-state index in [1.165, 1.54) is 7.11 Å². The van der Waals surface area contributed by atoms with E-state index < -0.39 is 0 Å². The van der Waals surface area contributed by atoms with Crippen molar-refractivity contribution in [3.05, 3.63) is 61.0 Å². The van der Waals surface area contributed by atoms with Crippen LogP contribution in [0.25, 0.3) is 10.9 Å². The first-order valence-corrected chi connectivity index (χ1v) is 6.32. The van der Waals surface area contributed by atoms with E-state index in [0.29, 0.717) is 18.7 Å². The van der Waals surface area contributed by atoms with Gasteiger partial charge in [-0.3, -0.25) is 0 Å². The summed E-state index contributed by atoms with van der Waals surface area (Å²) < 4.78 is 12.1. The predicted octanol–water partition coefficient (Wildman–Crippen LogP) is 3.14. The molecule has 0 saturated heterocycles. The zero-order valence-corrected chi connectivity index (χ0v) is 11.4. The molecule has 4 nitrogen and oxygen atoms in total. The molecule has 0 amide bonds. The minimum atomic E-state index is -0.329. The highest BCUT2D eigenvalue weighted by molar-refractivity contribution is 5.94. The Hall–Kier alpha value is -2.49. The Morgan fingerprint density at radius 3 is 3.00 bits per heavy atom. The molecule has 0 radical (unpaired) electrons. The molecule has 20 heavy (non-hydrogen) atoms. The highest BCUT2D eigenvalue weighted by Crippen LogP contribution is 2.18. The molecular formula is C16H17NO3. The quantitative estimate of drug-likeness (QED) is 0.351. The Morgan fingerprint density at radius 1 is 1.40 bits per heavy atom.